The summed E-state index contributed by atoms with van der Waals surface area (Å²) in [5.41, 5.74) is 0. The van der Waals surface area contributed by atoms with Crippen LogP contribution in [0.4, 0.5) is 0 Å². The normalized spacial score (nSPS) is 20.7. The standard InChI is InChI=1S/C20H29N3O5S/c1-15(19(24)22-17-6-3-2-4-7-17)28-20(25)16-9-12-23(13-10-16)29(26,27)18-8-5-11-21-14-18/h5,8,11,14-17H,2-4,6-7,9-10,12-13H2,1H3,(H,22,24). The van der Waals surface area contributed by atoms with Crippen molar-refractivity contribution in [3.8, 4) is 0 Å². The number of nitrogens with zero attached hydrogens (tertiary/aromatic N) is 2. The van der Waals surface area contributed by atoms with Crippen LogP contribution in [0.1, 0.15) is 51.9 Å². The second kappa shape index (κ2) is 9.67. The molecule has 0 radical (unpaired) electrons. The monoisotopic (exact) mass is 423 g/mol. The van der Waals surface area contributed by atoms with Crippen molar-refractivity contribution in [3.05, 3.63) is 24.5 Å². The average Bonchev–Trinajstić information content (AvgIpc) is 2.75. The number of pyridine rings is 1. The summed E-state index contributed by atoms with van der Waals surface area (Å²) in [4.78, 5) is 28.7. The molecule has 1 aliphatic carbocycles. The first-order valence-electron chi connectivity index (χ1n) is 10.3. The van der Waals surface area contributed by atoms with Crippen LogP contribution >= 0.6 is 0 Å². The Morgan fingerprint density at radius 3 is 2.48 bits per heavy atom. The van der Waals surface area contributed by atoms with E-state index in [1.807, 2.05) is 0 Å². The van der Waals surface area contributed by atoms with Gasteiger partial charge in [-0.15, -0.1) is 0 Å². The number of piperidine rings is 1. The lowest BCUT2D eigenvalue weighted by molar-refractivity contribution is -0.160. The van der Waals surface area contributed by atoms with Crippen LogP contribution in [0.15, 0.2) is 29.4 Å². The minimum atomic E-state index is -3.61. The van der Waals surface area contributed by atoms with Gasteiger partial charge in [0.25, 0.3) is 5.91 Å². The molecule has 0 spiro atoms. The van der Waals surface area contributed by atoms with Crippen LogP contribution in [0.2, 0.25) is 0 Å². The Kier molecular flexibility index (Phi) is 7.23. The lowest BCUT2D eigenvalue weighted by atomic mass is 9.95. The molecule has 2 aliphatic rings. The first-order chi connectivity index (χ1) is 13.9. The van der Waals surface area contributed by atoms with Crippen LogP contribution in [0.5, 0.6) is 0 Å². The summed E-state index contributed by atoms with van der Waals surface area (Å²) in [7, 11) is -3.61. The smallest absolute Gasteiger partial charge is 0.309 e. The molecule has 2 heterocycles. The lowest BCUT2D eigenvalue weighted by Gasteiger charge is -2.30. The minimum absolute atomic E-state index is 0.147. The van der Waals surface area contributed by atoms with Crippen molar-refractivity contribution >= 4 is 21.9 Å². The molecule has 0 bridgehead atoms. The highest BCUT2D eigenvalue weighted by molar-refractivity contribution is 7.89. The third-order valence-electron chi connectivity index (χ3n) is 5.67. The molecule has 0 aromatic carbocycles. The Morgan fingerprint density at radius 2 is 1.86 bits per heavy atom. The molecule has 160 valence electrons. The molecule has 1 aromatic rings. The topological polar surface area (TPSA) is 106 Å². The fraction of sp³-hybridized carbons (Fsp3) is 0.650. The zero-order valence-corrected chi connectivity index (χ0v) is 17.6. The molecule has 8 nitrogen and oxygen atoms in total. The number of ether oxygens (including phenoxy) is 1. The first kappa shape index (κ1) is 21.7. The molecule has 2 fully saturated rings. The van der Waals surface area contributed by atoms with Gasteiger partial charge in [-0.2, -0.15) is 4.31 Å². The second-order valence-corrected chi connectivity index (χ2v) is 9.73. The quantitative estimate of drug-likeness (QED) is 0.700. The molecular weight excluding hydrogens is 394 g/mol. The van der Waals surface area contributed by atoms with Gasteiger partial charge in [0.1, 0.15) is 4.90 Å². The van der Waals surface area contributed by atoms with Crippen LogP contribution in [0.25, 0.3) is 0 Å². The third kappa shape index (κ3) is 5.54. The third-order valence-corrected chi connectivity index (χ3v) is 7.56. The Hall–Kier alpha value is -2.00. The number of carbonyl (C=O) groups is 2. The maximum atomic E-state index is 12.6. The number of esters is 1. The van der Waals surface area contributed by atoms with Crippen molar-refractivity contribution in [1.29, 1.82) is 0 Å². The van der Waals surface area contributed by atoms with Crippen LogP contribution in [-0.2, 0) is 24.3 Å². The Balaban J connectivity index is 1.47. The Bertz CT molecular complexity index is 801. The molecule has 1 amide bonds. The molecule has 9 heteroatoms. The highest BCUT2D eigenvalue weighted by Gasteiger charge is 2.34. The maximum absolute atomic E-state index is 12.6. The molecule has 1 aromatic heterocycles. The van der Waals surface area contributed by atoms with E-state index < -0.39 is 28.0 Å². The maximum Gasteiger partial charge on any atom is 0.309 e. The highest BCUT2D eigenvalue weighted by atomic mass is 32.2. The van der Waals surface area contributed by atoms with Gasteiger partial charge < -0.3 is 10.1 Å². The summed E-state index contributed by atoms with van der Waals surface area (Å²) in [6, 6.07) is 3.25. The molecule has 29 heavy (non-hydrogen) atoms. The van der Waals surface area contributed by atoms with Gasteiger partial charge in [0, 0.05) is 31.5 Å². The fourth-order valence-corrected chi connectivity index (χ4v) is 5.30. The number of hydrogen-bond acceptors (Lipinski definition) is 6. The minimum Gasteiger partial charge on any atom is -0.452 e. The van der Waals surface area contributed by atoms with E-state index in [9.17, 15) is 18.0 Å². The van der Waals surface area contributed by atoms with Gasteiger partial charge in [0.2, 0.25) is 10.0 Å². The second-order valence-electron chi connectivity index (χ2n) is 7.79. The van der Waals surface area contributed by atoms with Gasteiger partial charge in [-0.3, -0.25) is 14.6 Å². The Labute approximate surface area is 172 Å². The zero-order chi connectivity index (χ0) is 20.9. The Morgan fingerprint density at radius 1 is 1.17 bits per heavy atom. The predicted molar refractivity (Wildman–Crippen MR) is 106 cm³/mol. The van der Waals surface area contributed by atoms with Crippen molar-refractivity contribution in [3.63, 3.8) is 0 Å². The molecular formula is C20H29N3O5S. The largest absolute Gasteiger partial charge is 0.452 e. The van der Waals surface area contributed by atoms with Crippen LogP contribution in [0, 0.1) is 5.92 Å². The molecule has 1 unspecified atom stereocenters. The van der Waals surface area contributed by atoms with Crippen LogP contribution < -0.4 is 5.32 Å². The number of aromatic nitrogens is 1. The summed E-state index contributed by atoms with van der Waals surface area (Å²) in [5.74, 6) is -1.10. The van der Waals surface area contributed by atoms with Crippen molar-refractivity contribution in [1.82, 2.24) is 14.6 Å². The number of rotatable bonds is 6. The van der Waals surface area contributed by atoms with E-state index in [1.165, 1.54) is 29.2 Å². The van der Waals surface area contributed by atoms with Gasteiger partial charge in [-0.25, -0.2) is 8.42 Å². The number of amides is 1. The number of carbonyl (C=O) groups excluding carboxylic acids is 2. The molecule has 1 saturated heterocycles. The average molecular weight is 424 g/mol. The van der Waals surface area contributed by atoms with E-state index in [1.54, 1.807) is 13.0 Å². The summed E-state index contributed by atoms with van der Waals surface area (Å²) < 4.78 is 32.0. The van der Waals surface area contributed by atoms with Crippen molar-refractivity contribution in [2.24, 2.45) is 5.92 Å². The predicted octanol–water partition coefficient (Wildman–Crippen LogP) is 1.86. The molecule has 1 saturated carbocycles. The SMILES string of the molecule is CC(OC(=O)C1CCN(S(=O)(=O)c2cccnc2)CC1)C(=O)NC1CCCCC1. The van der Waals surface area contributed by atoms with E-state index in [2.05, 4.69) is 10.3 Å². The number of nitrogens with one attached hydrogen (secondary N) is 1. The van der Waals surface area contributed by atoms with E-state index >= 15 is 0 Å². The van der Waals surface area contributed by atoms with Gasteiger partial charge >= 0.3 is 5.97 Å². The zero-order valence-electron chi connectivity index (χ0n) is 16.7. The molecule has 1 N–H and O–H groups in total. The van der Waals surface area contributed by atoms with Crippen molar-refractivity contribution in [2.45, 2.75) is 68.9 Å². The molecule has 1 atom stereocenters. The van der Waals surface area contributed by atoms with E-state index in [4.69, 9.17) is 4.74 Å². The van der Waals surface area contributed by atoms with E-state index in [0.717, 1.165) is 25.7 Å². The van der Waals surface area contributed by atoms with Gasteiger partial charge in [-0.05, 0) is 44.7 Å². The number of hydrogen-bond donors (Lipinski definition) is 1. The van der Waals surface area contributed by atoms with Crippen molar-refractivity contribution < 1.29 is 22.7 Å². The summed E-state index contributed by atoms with van der Waals surface area (Å²) in [6.45, 7) is 2.05. The molecule has 1 aliphatic heterocycles. The van der Waals surface area contributed by atoms with Crippen LogP contribution in [0.3, 0.4) is 0 Å². The summed E-state index contributed by atoms with van der Waals surface area (Å²) in [6.07, 6.45) is 8.10. The van der Waals surface area contributed by atoms with Gasteiger partial charge in [-0.1, -0.05) is 19.3 Å². The fourth-order valence-electron chi connectivity index (χ4n) is 3.87. The lowest BCUT2D eigenvalue weighted by Crippen LogP contribution is -2.44. The number of sulfonamides is 1. The van der Waals surface area contributed by atoms with Gasteiger partial charge in [0.05, 0.1) is 5.92 Å². The highest BCUT2D eigenvalue weighted by Crippen LogP contribution is 2.24. The summed E-state index contributed by atoms with van der Waals surface area (Å²) in [5, 5.41) is 2.96. The first-order valence-corrected chi connectivity index (χ1v) is 11.7. The van der Waals surface area contributed by atoms with Crippen LogP contribution in [-0.4, -0.2) is 54.8 Å². The van der Waals surface area contributed by atoms with Crippen molar-refractivity contribution in [2.75, 3.05) is 13.1 Å². The summed E-state index contributed by atoms with van der Waals surface area (Å²) >= 11 is 0. The van der Waals surface area contributed by atoms with Gasteiger partial charge in [0.15, 0.2) is 6.10 Å². The van der Waals surface area contributed by atoms with E-state index in [-0.39, 0.29) is 29.9 Å². The molecule has 3 rings (SSSR count). The van der Waals surface area contributed by atoms with E-state index in [0.29, 0.717) is 12.8 Å².